The van der Waals surface area contributed by atoms with E-state index >= 15 is 0 Å². The topological polar surface area (TPSA) is 72.2 Å². The largest absolute Gasteiger partial charge is 0.390 e. The highest BCUT2D eigenvalue weighted by molar-refractivity contribution is 7.91. The number of benzene rings is 1. The number of aliphatic hydroxyl groups is 1. The summed E-state index contributed by atoms with van der Waals surface area (Å²) in [4.78, 5) is 4.46. The highest BCUT2D eigenvalue weighted by Crippen LogP contribution is 2.12. The number of rotatable bonds is 7. The van der Waals surface area contributed by atoms with E-state index in [1.54, 1.807) is 42.7 Å². The number of aryl methyl sites for hydroxylation is 1. The highest BCUT2D eigenvalue weighted by atomic mass is 32.2. The van der Waals surface area contributed by atoms with Gasteiger partial charge in [-0.15, -0.1) is 0 Å². The van der Waals surface area contributed by atoms with E-state index in [9.17, 15) is 13.5 Å². The SMILES string of the molecule is CCCc1nccn1CC(O)CS(=O)(=O)c1ccccc1. The van der Waals surface area contributed by atoms with Crippen LogP contribution in [-0.4, -0.2) is 34.9 Å². The minimum Gasteiger partial charge on any atom is -0.390 e. The van der Waals surface area contributed by atoms with Crippen LogP contribution in [0.4, 0.5) is 0 Å². The van der Waals surface area contributed by atoms with E-state index in [4.69, 9.17) is 0 Å². The molecule has 1 N–H and O–H groups in total. The molecule has 1 unspecified atom stereocenters. The number of aliphatic hydroxyl groups excluding tert-OH is 1. The summed E-state index contributed by atoms with van der Waals surface area (Å²) in [5, 5.41) is 10.1. The fourth-order valence-electron chi connectivity index (χ4n) is 2.22. The van der Waals surface area contributed by atoms with Crippen molar-refractivity contribution in [2.75, 3.05) is 5.75 Å². The molecule has 1 heterocycles. The van der Waals surface area contributed by atoms with Crippen molar-refractivity contribution in [2.24, 2.45) is 0 Å². The molecule has 6 heteroatoms. The fourth-order valence-corrected chi connectivity index (χ4v) is 3.59. The zero-order valence-corrected chi connectivity index (χ0v) is 12.8. The molecule has 0 saturated heterocycles. The average Bonchev–Trinajstić information content (AvgIpc) is 2.87. The van der Waals surface area contributed by atoms with Crippen molar-refractivity contribution in [1.29, 1.82) is 0 Å². The van der Waals surface area contributed by atoms with Crippen LogP contribution in [0.25, 0.3) is 0 Å². The first-order valence-electron chi connectivity index (χ1n) is 6.99. The zero-order chi connectivity index (χ0) is 15.3. The van der Waals surface area contributed by atoms with E-state index in [1.165, 1.54) is 0 Å². The molecule has 0 aliphatic rings. The maximum atomic E-state index is 12.2. The molecule has 0 saturated carbocycles. The number of aromatic nitrogens is 2. The second-order valence-corrected chi connectivity index (χ2v) is 7.03. The molecule has 0 radical (unpaired) electrons. The number of hydrogen-bond acceptors (Lipinski definition) is 4. The lowest BCUT2D eigenvalue weighted by Gasteiger charge is -2.14. The number of sulfone groups is 1. The van der Waals surface area contributed by atoms with Crippen LogP contribution in [0.1, 0.15) is 19.2 Å². The maximum absolute atomic E-state index is 12.2. The van der Waals surface area contributed by atoms with Crippen LogP contribution in [0.3, 0.4) is 0 Å². The third-order valence-corrected chi connectivity index (χ3v) is 5.01. The van der Waals surface area contributed by atoms with Crippen molar-refractivity contribution in [1.82, 2.24) is 9.55 Å². The molecule has 1 atom stereocenters. The summed E-state index contributed by atoms with van der Waals surface area (Å²) in [6.07, 6.45) is 4.24. The lowest BCUT2D eigenvalue weighted by Crippen LogP contribution is -2.26. The van der Waals surface area contributed by atoms with E-state index < -0.39 is 15.9 Å². The van der Waals surface area contributed by atoms with Gasteiger partial charge in [0, 0.05) is 18.8 Å². The minimum atomic E-state index is -3.47. The summed E-state index contributed by atoms with van der Waals surface area (Å²) in [6.45, 7) is 2.29. The van der Waals surface area contributed by atoms with Crippen LogP contribution in [0.15, 0.2) is 47.6 Å². The maximum Gasteiger partial charge on any atom is 0.180 e. The van der Waals surface area contributed by atoms with Gasteiger partial charge in [-0.1, -0.05) is 25.1 Å². The van der Waals surface area contributed by atoms with Crippen molar-refractivity contribution in [3.05, 3.63) is 48.5 Å². The number of hydrogen-bond donors (Lipinski definition) is 1. The summed E-state index contributed by atoms with van der Waals surface area (Å²) in [7, 11) is -3.47. The quantitative estimate of drug-likeness (QED) is 0.844. The molecule has 114 valence electrons. The molecule has 21 heavy (non-hydrogen) atoms. The molecule has 0 spiro atoms. The molecule has 0 aliphatic carbocycles. The van der Waals surface area contributed by atoms with Gasteiger partial charge in [0.1, 0.15) is 5.82 Å². The Hall–Kier alpha value is -1.66. The van der Waals surface area contributed by atoms with Gasteiger partial charge in [-0.25, -0.2) is 13.4 Å². The molecule has 0 fully saturated rings. The summed E-state index contributed by atoms with van der Waals surface area (Å²) in [5.74, 6) is 0.578. The normalized spacial score (nSPS) is 13.2. The van der Waals surface area contributed by atoms with Gasteiger partial charge in [-0.2, -0.15) is 0 Å². The number of nitrogens with zero attached hydrogens (tertiary/aromatic N) is 2. The van der Waals surface area contributed by atoms with Gasteiger partial charge < -0.3 is 9.67 Å². The van der Waals surface area contributed by atoms with E-state index in [-0.39, 0.29) is 17.2 Å². The van der Waals surface area contributed by atoms with E-state index in [0.29, 0.717) is 0 Å². The molecular formula is C15H20N2O3S. The Morgan fingerprint density at radius 2 is 2.00 bits per heavy atom. The van der Waals surface area contributed by atoms with E-state index in [1.807, 2.05) is 4.57 Å². The van der Waals surface area contributed by atoms with E-state index in [0.717, 1.165) is 18.7 Å². The molecule has 5 nitrogen and oxygen atoms in total. The van der Waals surface area contributed by atoms with Crippen molar-refractivity contribution in [2.45, 2.75) is 37.3 Å². The monoisotopic (exact) mass is 308 g/mol. The van der Waals surface area contributed by atoms with Crippen LogP contribution < -0.4 is 0 Å². The van der Waals surface area contributed by atoms with Crippen LogP contribution in [0, 0.1) is 0 Å². The van der Waals surface area contributed by atoms with Crippen molar-refractivity contribution >= 4 is 9.84 Å². The first-order valence-corrected chi connectivity index (χ1v) is 8.64. The van der Waals surface area contributed by atoms with Gasteiger partial charge in [0.15, 0.2) is 9.84 Å². The minimum absolute atomic E-state index is 0.237. The average molecular weight is 308 g/mol. The molecule has 0 amide bonds. The standard InChI is InChI=1S/C15H20N2O3S/c1-2-6-15-16-9-10-17(15)11-13(18)12-21(19,20)14-7-4-3-5-8-14/h3-5,7-10,13,18H,2,6,11-12H2,1H3. The van der Waals surface area contributed by atoms with Gasteiger partial charge in [-0.05, 0) is 18.6 Å². The van der Waals surface area contributed by atoms with Crippen LogP contribution >= 0.6 is 0 Å². The smallest absolute Gasteiger partial charge is 0.180 e. The molecule has 1 aromatic heterocycles. The van der Waals surface area contributed by atoms with Gasteiger partial charge >= 0.3 is 0 Å². The molecule has 2 rings (SSSR count). The molecule has 0 bridgehead atoms. The highest BCUT2D eigenvalue weighted by Gasteiger charge is 2.20. The summed E-state index contributed by atoms with van der Waals surface area (Å²) in [5.41, 5.74) is 0. The Labute approximate surface area is 125 Å². The summed E-state index contributed by atoms with van der Waals surface area (Å²) >= 11 is 0. The van der Waals surface area contributed by atoms with Crippen LogP contribution in [-0.2, 0) is 22.8 Å². The van der Waals surface area contributed by atoms with Crippen LogP contribution in [0.5, 0.6) is 0 Å². The summed E-state index contributed by atoms with van der Waals surface area (Å²) < 4.78 is 26.2. The zero-order valence-electron chi connectivity index (χ0n) is 12.0. The Bertz CT molecular complexity index is 665. The first kappa shape index (κ1) is 15.7. The Morgan fingerprint density at radius 1 is 1.29 bits per heavy atom. The van der Waals surface area contributed by atoms with Crippen LogP contribution in [0.2, 0.25) is 0 Å². The third-order valence-electron chi connectivity index (χ3n) is 3.20. The lowest BCUT2D eigenvalue weighted by atomic mass is 10.3. The second-order valence-electron chi connectivity index (χ2n) is 4.99. The van der Waals surface area contributed by atoms with Crippen molar-refractivity contribution in [3.63, 3.8) is 0 Å². The van der Waals surface area contributed by atoms with Crippen molar-refractivity contribution < 1.29 is 13.5 Å². The molecular weight excluding hydrogens is 288 g/mol. The van der Waals surface area contributed by atoms with Crippen molar-refractivity contribution in [3.8, 4) is 0 Å². The Kier molecular flexibility index (Phi) is 5.14. The van der Waals surface area contributed by atoms with Gasteiger partial charge in [-0.3, -0.25) is 0 Å². The lowest BCUT2D eigenvalue weighted by molar-refractivity contribution is 0.174. The number of imidazole rings is 1. The predicted molar refractivity (Wildman–Crippen MR) is 80.7 cm³/mol. The second kappa shape index (κ2) is 6.87. The van der Waals surface area contributed by atoms with Gasteiger partial charge in [0.2, 0.25) is 0 Å². The summed E-state index contributed by atoms with van der Waals surface area (Å²) in [6, 6.07) is 8.20. The molecule has 1 aromatic carbocycles. The van der Waals surface area contributed by atoms with E-state index in [2.05, 4.69) is 11.9 Å². The molecule has 0 aliphatic heterocycles. The third kappa shape index (κ3) is 4.15. The fraction of sp³-hybridized carbons (Fsp3) is 0.400. The predicted octanol–water partition coefficient (Wildman–Crippen LogP) is 1.67. The first-order chi connectivity index (χ1) is 10.0. The van der Waals surface area contributed by atoms with Gasteiger partial charge in [0.05, 0.1) is 23.3 Å². The van der Waals surface area contributed by atoms with Gasteiger partial charge in [0.25, 0.3) is 0 Å². The Morgan fingerprint density at radius 3 is 2.67 bits per heavy atom. The molecule has 2 aromatic rings. The Balaban J connectivity index is 2.04.